The number of amides is 1. The van der Waals surface area contributed by atoms with Gasteiger partial charge in [0.15, 0.2) is 0 Å². The molecule has 0 aliphatic carbocycles. The Balaban J connectivity index is 0.000000815. The zero-order chi connectivity index (χ0) is 29.2. The molecule has 1 amide bonds. The number of nitrogens with one attached hydrogen (secondary N) is 1. The van der Waals surface area contributed by atoms with Crippen molar-refractivity contribution in [1.82, 2.24) is 19.7 Å². The summed E-state index contributed by atoms with van der Waals surface area (Å²) in [6.07, 6.45) is 1.17. The predicted molar refractivity (Wildman–Crippen MR) is 178 cm³/mol. The van der Waals surface area contributed by atoms with Crippen molar-refractivity contribution in [2.24, 2.45) is 0 Å². The van der Waals surface area contributed by atoms with Crippen LogP contribution >= 0.6 is 82.5 Å². The molecule has 7 nitrogen and oxygen atoms in total. The second kappa shape index (κ2) is 16.9. The minimum absolute atomic E-state index is 0.129. The van der Waals surface area contributed by atoms with Crippen molar-refractivity contribution in [2.45, 2.75) is 11.2 Å². The molecule has 0 radical (unpaired) electrons. The van der Waals surface area contributed by atoms with E-state index in [-0.39, 0.29) is 26.9 Å². The number of nitrogens with zero attached hydrogens (tertiary/aromatic N) is 4. The van der Waals surface area contributed by atoms with Crippen LogP contribution in [0.3, 0.4) is 0 Å². The summed E-state index contributed by atoms with van der Waals surface area (Å²) in [5.41, 5.74) is 0.287. The Morgan fingerprint density at radius 2 is 1.64 bits per heavy atom. The fraction of sp³-hybridized carbons (Fsp3) is 0.130. The van der Waals surface area contributed by atoms with Gasteiger partial charge in [0.1, 0.15) is 10.7 Å². The molecular formula is C23H19F3I4N5O2SV. The summed E-state index contributed by atoms with van der Waals surface area (Å²) in [5, 5.41) is 6.89. The predicted octanol–water partition coefficient (Wildman–Crippen LogP) is 8.04. The molecule has 1 unspecified atom stereocenters. The topological polar surface area (TPSA) is 89.8 Å². The Hall–Kier alpha value is -0.356. The zero-order valence-corrected chi connectivity index (χ0v) is 30.9. The zero-order valence-electron chi connectivity index (χ0n) is 20.0. The maximum atomic E-state index is 13.6. The van der Waals surface area contributed by atoms with Crippen molar-refractivity contribution in [3.05, 3.63) is 84.4 Å². The summed E-state index contributed by atoms with van der Waals surface area (Å²) in [7, 11) is -1.47. The molecule has 0 saturated heterocycles. The van der Waals surface area contributed by atoms with Crippen LogP contribution in [0.1, 0.15) is 16.1 Å². The summed E-state index contributed by atoms with van der Waals surface area (Å²) < 4.78 is 53.5. The van der Waals surface area contributed by atoms with Gasteiger partial charge in [0.2, 0.25) is 0 Å². The molecule has 1 N–H and O–H groups in total. The van der Waals surface area contributed by atoms with E-state index in [2.05, 4.69) is 103 Å². The van der Waals surface area contributed by atoms with E-state index in [9.17, 15) is 22.2 Å². The van der Waals surface area contributed by atoms with Gasteiger partial charge in [-0.05, 0) is 59.5 Å². The Bertz CT molecular complexity index is 1390. The van der Waals surface area contributed by atoms with Crippen LogP contribution in [0.4, 0.5) is 18.9 Å². The molecule has 3 heterocycles. The number of rotatable bonds is 5. The molecule has 0 aliphatic rings. The van der Waals surface area contributed by atoms with Crippen molar-refractivity contribution in [3.63, 3.8) is 0 Å². The maximum absolute atomic E-state index is 13.6. The van der Waals surface area contributed by atoms with Gasteiger partial charge in [0.25, 0.3) is 5.91 Å². The van der Waals surface area contributed by atoms with Crippen molar-refractivity contribution in [3.8, 4) is 16.9 Å². The van der Waals surface area contributed by atoms with Crippen LogP contribution in [0.25, 0.3) is 16.9 Å². The van der Waals surface area contributed by atoms with Gasteiger partial charge in [-0.25, -0.2) is 9.67 Å². The van der Waals surface area contributed by atoms with Crippen molar-refractivity contribution >= 4 is 105 Å². The third kappa shape index (κ3) is 10.8. The molecule has 4 rings (SSSR count). The van der Waals surface area contributed by atoms with Crippen LogP contribution in [-0.4, -0.2) is 41.1 Å². The second-order valence-corrected chi connectivity index (χ2v) is 43.7. The summed E-state index contributed by atoms with van der Waals surface area (Å²) in [6.45, 7) is 0. The number of benzene rings is 1. The number of carbonyl (C=O) groups excluding carboxylic acids is 1. The molecule has 1 aromatic carbocycles. The van der Waals surface area contributed by atoms with E-state index >= 15 is 0 Å². The van der Waals surface area contributed by atoms with Gasteiger partial charge in [-0.1, -0.05) is 22.6 Å². The van der Waals surface area contributed by atoms with Crippen LogP contribution in [-0.2, 0) is 21.9 Å². The molecule has 0 bridgehead atoms. The van der Waals surface area contributed by atoms with E-state index in [4.69, 9.17) is 0 Å². The number of carbonyl (C=O) groups is 1. The van der Waals surface area contributed by atoms with Gasteiger partial charge < -0.3 is 5.32 Å². The summed E-state index contributed by atoms with van der Waals surface area (Å²) >= 11 is 9.54. The average molecular weight is 1050 g/mol. The van der Waals surface area contributed by atoms with Gasteiger partial charge in [0, 0.05) is 36.1 Å². The van der Waals surface area contributed by atoms with Crippen molar-refractivity contribution in [1.29, 1.82) is 0 Å². The summed E-state index contributed by atoms with van der Waals surface area (Å²) in [6, 6.07) is 13.0. The number of aromatic nitrogens is 4. The molecule has 0 saturated carbocycles. The number of pyridine rings is 2. The molecule has 39 heavy (non-hydrogen) atoms. The van der Waals surface area contributed by atoms with Gasteiger partial charge in [-0.2, -0.15) is 18.3 Å². The Morgan fingerprint density at radius 3 is 2.18 bits per heavy atom. The molecule has 3 aromatic heterocycles. The molecule has 1 atom stereocenters. The Morgan fingerprint density at radius 1 is 1.03 bits per heavy atom. The van der Waals surface area contributed by atoms with Crippen LogP contribution in [0.2, 0.25) is 0 Å². The first-order valence-electron chi connectivity index (χ1n) is 10.4. The number of halogens is 7. The van der Waals surface area contributed by atoms with Crippen LogP contribution in [0.15, 0.2) is 78.2 Å². The van der Waals surface area contributed by atoms with E-state index in [1.807, 2.05) is 4.93 Å². The molecule has 4 aromatic rings. The number of alkyl halides is 4. The average Bonchev–Trinajstić information content (AvgIpc) is 3.37. The molecule has 0 spiro atoms. The monoisotopic (exact) mass is 1040 g/mol. The van der Waals surface area contributed by atoms with Crippen molar-refractivity contribution < 1.29 is 27.1 Å². The Labute approximate surface area is 277 Å². The number of anilines is 1. The first-order valence-corrected chi connectivity index (χ1v) is 27.6. The van der Waals surface area contributed by atoms with Gasteiger partial charge in [-0.3, -0.25) is 14.0 Å². The first kappa shape index (κ1) is 34.8. The van der Waals surface area contributed by atoms with Crippen LogP contribution in [0, 0.1) is 0 Å². The molecular weight excluding hydrogens is 1030 g/mol. The molecule has 208 valence electrons. The van der Waals surface area contributed by atoms with Gasteiger partial charge in [0.05, 0.1) is 27.7 Å². The first-order chi connectivity index (χ1) is 18.5. The number of hydrogen-bond acceptors (Lipinski definition) is 5. The van der Waals surface area contributed by atoms with E-state index in [0.717, 1.165) is 10.7 Å². The van der Waals surface area contributed by atoms with E-state index in [1.54, 1.807) is 18.2 Å². The minimum atomic E-state index is -4.63. The van der Waals surface area contributed by atoms with Gasteiger partial charge in [-0.15, -0.1) is 0 Å². The number of hydrogen-bond donors (Lipinski definition) is 1. The second-order valence-electron chi connectivity index (χ2n) is 7.07. The van der Waals surface area contributed by atoms with Crippen molar-refractivity contribution in [2.75, 3.05) is 16.5 Å². The Kier molecular flexibility index (Phi) is 15.1. The summed E-state index contributed by atoms with van der Waals surface area (Å²) in [4.78, 5) is 22.2. The normalized spacial score (nSPS) is 11.5. The van der Waals surface area contributed by atoms with Crippen LogP contribution < -0.4 is 5.32 Å². The summed E-state index contributed by atoms with van der Waals surface area (Å²) in [5.74, 6) is -0.532. The quantitative estimate of drug-likeness (QED) is 0.162. The standard InChI is InChI=1S/C22H16F3N5O2S.CH3I.3HI.V/c1-33(32)21-17(5-3-11-27-21)20(31)28-15-6-8-16(9-7-15)30-19(22(23,24)25)12-18(29-30)14-4-2-10-26-13-14;1-2;;;;/h2-13H,1H3,(H,28,31);1H3;3*1H;/q;;;;;+3/p-3. The SMILES string of the molecule is CI.CS(=O)c1ncccc1C(=O)Nc1ccc(-n2nc(-c3cccnc3)cc2C(F)(F)F)cc1.[I][V]([I])[I]. The molecule has 0 fully saturated rings. The fourth-order valence-corrected chi connectivity index (χ4v) is 3.79. The fourth-order valence-electron chi connectivity index (χ4n) is 3.11. The third-order valence-corrected chi connectivity index (χ3v) is 5.48. The van der Waals surface area contributed by atoms with Gasteiger partial charge >= 0.3 is 71.0 Å². The van der Waals surface area contributed by atoms with E-state index in [0.29, 0.717) is 11.3 Å². The molecule has 16 heteroatoms. The van der Waals surface area contributed by atoms with Crippen LogP contribution in [0.5, 0.6) is 0 Å². The van der Waals surface area contributed by atoms with E-state index < -0.39 is 28.6 Å². The molecule has 0 aliphatic heterocycles. The third-order valence-electron chi connectivity index (χ3n) is 4.61. The van der Waals surface area contributed by atoms with E-state index in [1.165, 1.54) is 55.2 Å².